The number of ether oxygens (including phenoxy) is 1. The minimum Gasteiger partial charge on any atom is -0.481 e. The fourth-order valence-corrected chi connectivity index (χ4v) is 4.61. The Kier molecular flexibility index (Phi) is 6.80. The number of amides is 2. The Bertz CT molecular complexity index is 1430. The monoisotopic (exact) mass is 527 g/mol. The lowest BCUT2D eigenvalue weighted by Gasteiger charge is -2.30. The first-order chi connectivity index (χ1) is 17.4. The van der Waals surface area contributed by atoms with Gasteiger partial charge in [0.2, 0.25) is 11.8 Å². The van der Waals surface area contributed by atoms with Crippen molar-refractivity contribution in [2.75, 3.05) is 20.2 Å². The van der Waals surface area contributed by atoms with Gasteiger partial charge < -0.3 is 19.4 Å². The number of carbonyl (C=O) groups is 2. The molecule has 1 saturated heterocycles. The number of rotatable bonds is 6. The summed E-state index contributed by atoms with van der Waals surface area (Å²) in [5.41, 5.74) is 3.03. The number of piperidine rings is 1. The molecule has 5 heterocycles. The summed E-state index contributed by atoms with van der Waals surface area (Å²) in [5.74, 6) is -0.00134. The predicted octanol–water partition coefficient (Wildman–Crippen LogP) is 3.60. The number of aromatic nitrogens is 5. The van der Waals surface area contributed by atoms with Crippen LogP contribution in [0.4, 0.5) is 0 Å². The summed E-state index contributed by atoms with van der Waals surface area (Å²) in [6.07, 6.45) is 6.24. The number of H-pyrrole nitrogens is 1. The van der Waals surface area contributed by atoms with Crippen LogP contribution in [0.15, 0.2) is 42.9 Å². The van der Waals surface area contributed by atoms with Crippen LogP contribution in [0.5, 0.6) is 5.88 Å². The third-order valence-corrected chi connectivity index (χ3v) is 6.71. The van der Waals surface area contributed by atoms with Crippen LogP contribution in [0.3, 0.4) is 0 Å². The number of hydrogen-bond acceptors (Lipinski definition) is 6. The molecule has 1 aliphatic heterocycles. The first-order valence-corrected chi connectivity index (χ1v) is 12.1. The van der Waals surface area contributed by atoms with Crippen LogP contribution in [0.2, 0.25) is 10.0 Å². The first kappa shape index (κ1) is 24.1. The molecule has 2 N–H and O–H groups in total. The number of nitrogens with zero attached hydrogens (tertiary/aromatic N) is 5. The van der Waals surface area contributed by atoms with Crippen molar-refractivity contribution in [3.8, 4) is 17.1 Å². The molecular weight excluding hydrogens is 505 g/mol. The van der Waals surface area contributed by atoms with E-state index in [2.05, 4.69) is 25.5 Å². The maximum absolute atomic E-state index is 13.0. The van der Waals surface area contributed by atoms with Crippen molar-refractivity contribution >= 4 is 40.7 Å². The highest BCUT2D eigenvalue weighted by molar-refractivity contribution is 6.33. The molecule has 0 saturated carbocycles. The van der Waals surface area contributed by atoms with Gasteiger partial charge >= 0.3 is 0 Å². The zero-order chi connectivity index (χ0) is 25.2. The topological polar surface area (TPSA) is 118 Å². The molecule has 0 aromatic carbocycles. The maximum Gasteiger partial charge on any atom is 0.274 e. The van der Waals surface area contributed by atoms with Crippen LogP contribution < -0.4 is 10.1 Å². The van der Waals surface area contributed by atoms with Crippen LogP contribution in [0.25, 0.3) is 16.9 Å². The Morgan fingerprint density at radius 3 is 2.78 bits per heavy atom. The van der Waals surface area contributed by atoms with E-state index in [-0.39, 0.29) is 23.4 Å². The van der Waals surface area contributed by atoms with Crippen molar-refractivity contribution in [2.45, 2.75) is 19.4 Å². The number of methoxy groups -OCH3 is 1. The van der Waals surface area contributed by atoms with Gasteiger partial charge in [-0.3, -0.25) is 14.7 Å². The largest absolute Gasteiger partial charge is 0.481 e. The summed E-state index contributed by atoms with van der Waals surface area (Å²) in [4.78, 5) is 36.0. The van der Waals surface area contributed by atoms with Gasteiger partial charge in [-0.2, -0.15) is 5.10 Å². The molecule has 0 aliphatic carbocycles. The van der Waals surface area contributed by atoms with Crippen molar-refractivity contribution in [1.82, 2.24) is 34.8 Å². The summed E-state index contributed by atoms with van der Waals surface area (Å²) in [6, 6.07) is 6.93. The molecule has 10 nitrogen and oxygen atoms in total. The smallest absolute Gasteiger partial charge is 0.274 e. The fourth-order valence-electron chi connectivity index (χ4n) is 4.24. The maximum atomic E-state index is 13.0. The fraction of sp³-hybridized carbons (Fsp3) is 0.292. The molecule has 1 fully saturated rings. The minimum absolute atomic E-state index is 0.0412. The Labute approximate surface area is 216 Å². The zero-order valence-corrected chi connectivity index (χ0v) is 20.9. The average Bonchev–Trinajstić information content (AvgIpc) is 3.54. The molecule has 4 aromatic heterocycles. The SMILES string of the molecule is COc1cc(-c2cc(C(=O)N3CCC(C(=O)NCc4cn5cc(Cl)ccc5n4)CC3)n[nH]2)c(Cl)cn1. The standard InChI is InChI=1S/C24H23Cl2N7O3/c1-36-22-8-17(18(26)11-27-22)19-9-20(31-30-19)24(35)32-6-4-14(5-7-32)23(34)28-10-16-13-33-12-15(25)2-3-21(33)29-16/h2-3,8-9,11-14H,4-7,10H2,1H3,(H,28,34)(H,30,31). The van der Waals surface area contributed by atoms with Gasteiger partial charge in [0, 0.05) is 43.0 Å². The Balaban J connectivity index is 1.16. The summed E-state index contributed by atoms with van der Waals surface area (Å²) < 4.78 is 6.98. The Hall–Kier alpha value is -3.63. The van der Waals surface area contributed by atoms with Crippen molar-refractivity contribution in [2.24, 2.45) is 5.92 Å². The highest BCUT2D eigenvalue weighted by Crippen LogP contribution is 2.29. The molecule has 0 bridgehead atoms. The van der Waals surface area contributed by atoms with E-state index in [0.717, 1.165) is 11.3 Å². The number of halogens is 2. The molecule has 2 amide bonds. The number of pyridine rings is 2. The van der Waals surface area contributed by atoms with E-state index in [4.69, 9.17) is 27.9 Å². The molecule has 36 heavy (non-hydrogen) atoms. The van der Waals surface area contributed by atoms with Gasteiger partial charge in [0.05, 0.1) is 41.3 Å². The molecule has 186 valence electrons. The van der Waals surface area contributed by atoms with Gasteiger partial charge in [0.1, 0.15) is 5.65 Å². The quantitative estimate of drug-likeness (QED) is 0.395. The Morgan fingerprint density at radius 2 is 2.00 bits per heavy atom. The van der Waals surface area contributed by atoms with Crippen molar-refractivity contribution in [3.63, 3.8) is 0 Å². The van der Waals surface area contributed by atoms with Crippen molar-refractivity contribution in [3.05, 3.63) is 64.3 Å². The van der Waals surface area contributed by atoms with E-state index in [1.54, 1.807) is 29.3 Å². The molecule has 5 rings (SSSR count). The number of aromatic amines is 1. The number of nitrogens with one attached hydrogen (secondary N) is 2. The van der Waals surface area contributed by atoms with Gasteiger partial charge in [0.15, 0.2) is 5.69 Å². The molecule has 12 heteroatoms. The van der Waals surface area contributed by atoms with E-state index in [1.165, 1.54) is 13.3 Å². The molecule has 0 unspecified atom stereocenters. The van der Waals surface area contributed by atoms with Gasteiger partial charge in [-0.1, -0.05) is 23.2 Å². The summed E-state index contributed by atoms with van der Waals surface area (Å²) in [7, 11) is 1.52. The Morgan fingerprint density at radius 1 is 1.19 bits per heavy atom. The number of carbonyl (C=O) groups excluding carboxylic acids is 2. The van der Waals surface area contributed by atoms with E-state index >= 15 is 0 Å². The highest BCUT2D eigenvalue weighted by atomic mass is 35.5. The lowest BCUT2D eigenvalue weighted by atomic mass is 9.95. The third kappa shape index (κ3) is 5.00. The van der Waals surface area contributed by atoms with Crippen molar-refractivity contribution in [1.29, 1.82) is 0 Å². The number of likely N-dealkylation sites (tertiary alicyclic amines) is 1. The van der Waals surface area contributed by atoms with E-state index in [9.17, 15) is 9.59 Å². The van der Waals surface area contributed by atoms with Gasteiger partial charge in [0.25, 0.3) is 5.91 Å². The van der Waals surface area contributed by atoms with Crippen molar-refractivity contribution < 1.29 is 14.3 Å². The number of fused-ring (bicyclic) bond motifs is 1. The second kappa shape index (κ2) is 10.2. The van der Waals surface area contributed by atoms with E-state index < -0.39 is 0 Å². The lowest BCUT2D eigenvalue weighted by molar-refractivity contribution is -0.126. The van der Waals surface area contributed by atoms with Crippen LogP contribution in [-0.2, 0) is 11.3 Å². The van der Waals surface area contributed by atoms with Crippen LogP contribution in [0.1, 0.15) is 29.0 Å². The average molecular weight is 528 g/mol. The zero-order valence-electron chi connectivity index (χ0n) is 19.4. The summed E-state index contributed by atoms with van der Waals surface area (Å²) in [5, 5.41) is 11.0. The van der Waals surface area contributed by atoms with Crippen LogP contribution >= 0.6 is 23.2 Å². The second-order valence-corrected chi connectivity index (χ2v) is 9.35. The molecule has 0 atom stereocenters. The first-order valence-electron chi connectivity index (χ1n) is 11.4. The molecule has 0 spiro atoms. The molecule has 0 radical (unpaired) electrons. The highest BCUT2D eigenvalue weighted by Gasteiger charge is 2.29. The van der Waals surface area contributed by atoms with Crippen LogP contribution in [-0.4, -0.2) is 61.5 Å². The van der Waals surface area contributed by atoms with Gasteiger partial charge in [-0.15, -0.1) is 0 Å². The summed E-state index contributed by atoms with van der Waals surface area (Å²) >= 11 is 12.3. The third-order valence-electron chi connectivity index (χ3n) is 6.19. The van der Waals surface area contributed by atoms with Crippen LogP contribution in [0, 0.1) is 5.92 Å². The van der Waals surface area contributed by atoms with E-state index in [1.807, 2.05) is 16.7 Å². The van der Waals surface area contributed by atoms with Gasteiger partial charge in [-0.25, -0.2) is 9.97 Å². The summed E-state index contributed by atoms with van der Waals surface area (Å²) in [6.45, 7) is 1.27. The van der Waals surface area contributed by atoms with E-state index in [0.29, 0.717) is 59.7 Å². The number of imidazole rings is 1. The molecular formula is C24H23Cl2N7O3. The predicted molar refractivity (Wildman–Crippen MR) is 134 cm³/mol. The molecule has 1 aliphatic rings. The normalized spacial score (nSPS) is 14.2. The lowest BCUT2D eigenvalue weighted by Crippen LogP contribution is -2.43. The minimum atomic E-state index is -0.197. The van der Waals surface area contributed by atoms with Gasteiger partial charge in [-0.05, 0) is 31.0 Å². The molecule has 4 aromatic rings. The second-order valence-electron chi connectivity index (χ2n) is 8.50. The number of hydrogen-bond donors (Lipinski definition) is 2.